The standard InChI is InChI=1S/C24H21N5O/c1-16(25)23-27-21-9-5-6-18(11-10-17-14-26-28(15-17)19-12-13-19)22(21)24(30)29(23)20-7-3-2-4-8-20/h2-9,14-16,19H,12-13,25H2,1H3. The van der Waals surface area contributed by atoms with Crippen LogP contribution in [0.25, 0.3) is 16.6 Å². The van der Waals surface area contributed by atoms with E-state index in [0.29, 0.717) is 28.3 Å². The van der Waals surface area contributed by atoms with Crippen LogP contribution in [0.4, 0.5) is 0 Å². The molecule has 2 heterocycles. The molecule has 0 amide bonds. The summed E-state index contributed by atoms with van der Waals surface area (Å²) < 4.78 is 3.55. The quantitative estimate of drug-likeness (QED) is 0.540. The number of nitrogens with two attached hydrogens (primary N) is 1. The first-order valence-electron chi connectivity index (χ1n) is 10.0. The Morgan fingerprint density at radius 1 is 1.10 bits per heavy atom. The summed E-state index contributed by atoms with van der Waals surface area (Å²) in [4.78, 5) is 18.3. The van der Waals surface area contributed by atoms with Crippen molar-refractivity contribution in [3.8, 4) is 17.5 Å². The summed E-state index contributed by atoms with van der Waals surface area (Å²) in [5.41, 5.74) is 8.80. The fourth-order valence-electron chi connectivity index (χ4n) is 3.56. The summed E-state index contributed by atoms with van der Waals surface area (Å²) in [6, 6.07) is 15.1. The molecule has 6 heteroatoms. The van der Waals surface area contributed by atoms with Gasteiger partial charge in [-0.3, -0.25) is 14.0 Å². The van der Waals surface area contributed by atoms with E-state index in [1.54, 1.807) is 10.8 Å². The molecule has 1 aliphatic carbocycles. The van der Waals surface area contributed by atoms with E-state index in [-0.39, 0.29) is 5.56 Å². The van der Waals surface area contributed by atoms with Gasteiger partial charge in [0.15, 0.2) is 0 Å². The van der Waals surface area contributed by atoms with Crippen molar-refractivity contribution in [3.05, 3.63) is 88.2 Å². The predicted molar refractivity (Wildman–Crippen MR) is 116 cm³/mol. The maximum absolute atomic E-state index is 13.6. The molecule has 6 nitrogen and oxygen atoms in total. The fourth-order valence-corrected chi connectivity index (χ4v) is 3.56. The maximum Gasteiger partial charge on any atom is 0.267 e. The van der Waals surface area contributed by atoms with Gasteiger partial charge in [-0.2, -0.15) is 5.10 Å². The molecule has 4 aromatic rings. The van der Waals surface area contributed by atoms with Crippen molar-refractivity contribution < 1.29 is 0 Å². The van der Waals surface area contributed by atoms with Gasteiger partial charge in [0.2, 0.25) is 0 Å². The van der Waals surface area contributed by atoms with Crippen LogP contribution >= 0.6 is 0 Å². The van der Waals surface area contributed by atoms with E-state index in [9.17, 15) is 4.79 Å². The van der Waals surface area contributed by atoms with E-state index in [2.05, 4.69) is 16.9 Å². The zero-order chi connectivity index (χ0) is 20.7. The van der Waals surface area contributed by atoms with Crippen LogP contribution < -0.4 is 11.3 Å². The van der Waals surface area contributed by atoms with Crippen LogP contribution in [0.15, 0.2) is 65.7 Å². The van der Waals surface area contributed by atoms with E-state index < -0.39 is 6.04 Å². The predicted octanol–water partition coefficient (Wildman–Crippen LogP) is 3.34. The second-order valence-electron chi connectivity index (χ2n) is 7.62. The summed E-state index contributed by atoms with van der Waals surface area (Å²) >= 11 is 0. The average molecular weight is 395 g/mol. The highest BCUT2D eigenvalue weighted by Gasteiger charge is 2.24. The molecule has 1 aliphatic rings. The molecule has 1 atom stereocenters. The van der Waals surface area contributed by atoms with Crippen molar-refractivity contribution in [1.82, 2.24) is 19.3 Å². The van der Waals surface area contributed by atoms with Crippen molar-refractivity contribution in [2.24, 2.45) is 5.73 Å². The van der Waals surface area contributed by atoms with Crippen molar-refractivity contribution in [2.75, 3.05) is 0 Å². The van der Waals surface area contributed by atoms with Gasteiger partial charge in [0.1, 0.15) is 5.82 Å². The van der Waals surface area contributed by atoms with Gasteiger partial charge in [0.05, 0.1) is 40.4 Å². The Bertz CT molecular complexity index is 1350. The van der Waals surface area contributed by atoms with Gasteiger partial charge in [-0.05, 0) is 44.0 Å². The number of fused-ring (bicyclic) bond motifs is 1. The van der Waals surface area contributed by atoms with Crippen molar-refractivity contribution in [2.45, 2.75) is 31.8 Å². The van der Waals surface area contributed by atoms with Crippen LogP contribution in [-0.4, -0.2) is 19.3 Å². The number of rotatable bonds is 3. The van der Waals surface area contributed by atoms with Gasteiger partial charge >= 0.3 is 0 Å². The van der Waals surface area contributed by atoms with Crippen LogP contribution in [0, 0.1) is 11.8 Å². The zero-order valence-corrected chi connectivity index (χ0v) is 16.6. The maximum atomic E-state index is 13.6. The number of para-hydroxylation sites is 1. The molecule has 0 saturated heterocycles. The lowest BCUT2D eigenvalue weighted by Crippen LogP contribution is -2.27. The number of hydrogen-bond acceptors (Lipinski definition) is 4. The third-order valence-corrected chi connectivity index (χ3v) is 5.21. The molecule has 1 fully saturated rings. The van der Waals surface area contributed by atoms with Gasteiger partial charge in [-0.25, -0.2) is 4.98 Å². The van der Waals surface area contributed by atoms with Gasteiger partial charge in [-0.1, -0.05) is 36.1 Å². The Morgan fingerprint density at radius 2 is 1.90 bits per heavy atom. The van der Waals surface area contributed by atoms with Gasteiger partial charge in [0, 0.05) is 11.8 Å². The lowest BCUT2D eigenvalue weighted by atomic mass is 10.1. The monoisotopic (exact) mass is 395 g/mol. The molecule has 5 rings (SSSR count). The smallest absolute Gasteiger partial charge is 0.267 e. The van der Waals surface area contributed by atoms with Crippen LogP contribution in [0.5, 0.6) is 0 Å². The number of hydrogen-bond donors (Lipinski definition) is 1. The third-order valence-electron chi connectivity index (χ3n) is 5.21. The molecule has 1 saturated carbocycles. The second-order valence-corrected chi connectivity index (χ2v) is 7.62. The summed E-state index contributed by atoms with van der Waals surface area (Å²) in [7, 11) is 0. The van der Waals surface area contributed by atoms with Gasteiger partial charge < -0.3 is 5.73 Å². The molecule has 0 aliphatic heterocycles. The molecule has 0 radical (unpaired) electrons. The number of nitrogens with zero attached hydrogens (tertiary/aromatic N) is 4. The number of benzene rings is 2. The van der Waals surface area contributed by atoms with Crippen LogP contribution in [0.1, 0.15) is 48.8 Å². The Morgan fingerprint density at radius 3 is 2.63 bits per heavy atom. The molecule has 2 aromatic heterocycles. The van der Waals surface area contributed by atoms with E-state index in [1.807, 2.05) is 66.3 Å². The van der Waals surface area contributed by atoms with Crippen molar-refractivity contribution >= 4 is 10.9 Å². The SMILES string of the molecule is CC(N)c1nc2cccc(C#Cc3cnn(C4CC4)c3)c2c(=O)n1-c1ccccc1. The van der Waals surface area contributed by atoms with Gasteiger partial charge in [-0.15, -0.1) is 0 Å². The first-order valence-corrected chi connectivity index (χ1v) is 10.0. The normalized spacial score (nSPS) is 14.3. The van der Waals surface area contributed by atoms with E-state index in [4.69, 9.17) is 10.7 Å². The first-order chi connectivity index (χ1) is 14.6. The summed E-state index contributed by atoms with van der Waals surface area (Å²) in [6.45, 7) is 1.83. The minimum atomic E-state index is -0.398. The highest BCUT2D eigenvalue weighted by Crippen LogP contribution is 2.33. The summed E-state index contributed by atoms with van der Waals surface area (Å²) in [5, 5.41) is 4.87. The van der Waals surface area contributed by atoms with Crippen molar-refractivity contribution in [1.29, 1.82) is 0 Å². The fraction of sp³-hybridized carbons (Fsp3) is 0.208. The molecular formula is C24H21N5O. The minimum absolute atomic E-state index is 0.169. The van der Waals surface area contributed by atoms with Crippen LogP contribution in [-0.2, 0) is 0 Å². The molecule has 148 valence electrons. The highest BCUT2D eigenvalue weighted by molar-refractivity contribution is 5.85. The largest absolute Gasteiger partial charge is 0.322 e. The van der Waals surface area contributed by atoms with Crippen LogP contribution in [0.3, 0.4) is 0 Å². The topological polar surface area (TPSA) is 78.7 Å². The average Bonchev–Trinajstić information content (AvgIpc) is 3.50. The highest BCUT2D eigenvalue weighted by atomic mass is 16.1. The summed E-state index contributed by atoms with van der Waals surface area (Å²) in [5.74, 6) is 6.83. The lowest BCUT2D eigenvalue weighted by Gasteiger charge is -2.16. The Hall–Kier alpha value is -3.69. The molecule has 30 heavy (non-hydrogen) atoms. The Balaban J connectivity index is 1.69. The summed E-state index contributed by atoms with van der Waals surface area (Å²) in [6.07, 6.45) is 6.07. The van der Waals surface area contributed by atoms with E-state index in [0.717, 1.165) is 11.3 Å². The molecule has 2 N–H and O–H groups in total. The molecule has 0 spiro atoms. The lowest BCUT2D eigenvalue weighted by molar-refractivity contribution is 0.641. The molecular weight excluding hydrogens is 374 g/mol. The third kappa shape index (κ3) is 3.30. The second kappa shape index (κ2) is 7.29. The Labute approximate surface area is 174 Å². The molecule has 2 aromatic carbocycles. The van der Waals surface area contributed by atoms with Crippen LogP contribution in [0.2, 0.25) is 0 Å². The number of aromatic nitrogens is 4. The molecule has 0 bridgehead atoms. The minimum Gasteiger partial charge on any atom is -0.322 e. The van der Waals surface area contributed by atoms with Crippen molar-refractivity contribution in [3.63, 3.8) is 0 Å². The van der Waals surface area contributed by atoms with E-state index >= 15 is 0 Å². The first kappa shape index (κ1) is 18.3. The molecule has 1 unspecified atom stereocenters. The van der Waals surface area contributed by atoms with Gasteiger partial charge in [0.25, 0.3) is 5.56 Å². The van der Waals surface area contributed by atoms with E-state index in [1.165, 1.54) is 12.8 Å². The Kier molecular flexibility index (Phi) is 4.46. The zero-order valence-electron chi connectivity index (χ0n) is 16.6.